The van der Waals surface area contributed by atoms with Crippen LogP contribution in [-0.2, 0) is 6.42 Å². The van der Waals surface area contributed by atoms with Crippen LogP contribution in [0, 0.1) is 5.41 Å². The third-order valence-corrected chi connectivity index (χ3v) is 6.96. The lowest BCUT2D eigenvalue weighted by Gasteiger charge is -2.53. The molecule has 0 unspecified atom stereocenters. The normalized spacial score (nSPS) is 19.8. The first-order chi connectivity index (χ1) is 15.1. The van der Waals surface area contributed by atoms with E-state index in [9.17, 15) is 4.79 Å². The van der Waals surface area contributed by atoms with Crippen LogP contribution in [0.1, 0.15) is 28.8 Å². The molecule has 0 aliphatic carbocycles. The molecule has 7 nitrogen and oxygen atoms in total. The first-order valence-electron chi connectivity index (χ1n) is 11.0. The Hall–Kier alpha value is -3.06. The predicted molar refractivity (Wildman–Crippen MR) is 119 cm³/mol. The van der Waals surface area contributed by atoms with Gasteiger partial charge in [0.25, 0.3) is 11.9 Å². The van der Waals surface area contributed by atoms with Crippen LogP contribution < -0.4 is 15.0 Å². The number of anilines is 2. The molecule has 3 aliphatic heterocycles. The fourth-order valence-electron chi connectivity index (χ4n) is 4.97. The number of piperidine rings is 1. The van der Waals surface area contributed by atoms with Crippen LogP contribution in [0.5, 0.6) is 5.75 Å². The summed E-state index contributed by atoms with van der Waals surface area (Å²) in [6.07, 6.45) is 3.33. The lowest BCUT2D eigenvalue weighted by molar-refractivity contribution is 0.0870. The number of carbonyl (C=O) groups is 1. The second kappa shape index (κ2) is 6.99. The maximum Gasteiger partial charge on any atom is 0.298 e. The number of amides is 1. The van der Waals surface area contributed by atoms with E-state index >= 15 is 0 Å². The molecule has 2 aromatic carbocycles. The number of hydrogen-bond acceptors (Lipinski definition) is 6. The topological polar surface area (TPSA) is 70.8 Å². The molecule has 1 N–H and O–H groups in total. The highest BCUT2D eigenvalue weighted by Crippen LogP contribution is 2.42. The van der Waals surface area contributed by atoms with Gasteiger partial charge in [0.15, 0.2) is 5.58 Å². The van der Waals surface area contributed by atoms with Crippen LogP contribution in [-0.4, -0.2) is 55.6 Å². The van der Waals surface area contributed by atoms with Crippen molar-refractivity contribution in [3.8, 4) is 5.75 Å². The van der Waals surface area contributed by atoms with Crippen molar-refractivity contribution < 1.29 is 13.9 Å². The highest BCUT2D eigenvalue weighted by atomic mass is 16.5. The van der Waals surface area contributed by atoms with Gasteiger partial charge in [-0.2, -0.15) is 4.98 Å². The van der Waals surface area contributed by atoms with Gasteiger partial charge in [0.1, 0.15) is 11.3 Å². The molecular weight excluding hydrogens is 392 g/mol. The fraction of sp³-hybridized carbons (Fsp3) is 0.417. The number of carbonyl (C=O) groups excluding carboxylic acids is 1. The smallest absolute Gasteiger partial charge is 0.298 e. The molecule has 0 bridgehead atoms. The Bertz CT molecular complexity index is 1150. The number of rotatable bonds is 3. The summed E-state index contributed by atoms with van der Waals surface area (Å²) in [6.45, 7) is 5.04. The SMILES string of the molecule is CN1CCC2(CC1)CN(c1nc3cc(NC(=O)c4ccc5c(c4)CCO5)ccc3o1)C2. The fourth-order valence-corrected chi connectivity index (χ4v) is 4.97. The van der Waals surface area contributed by atoms with E-state index in [1.165, 1.54) is 25.9 Å². The van der Waals surface area contributed by atoms with E-state index in [0.29, 0.717) is 29.3 Å². The van der Waals surface area contributed by atoms with Crippen LogP contribution in [0.2, 0.25) is 0 Å². The minimum atomic E-state index is -0.135. The summed E-state index contributed by atoms with van der Waals surface area (Å²) in [5.41, 5.74) is 4.36. The van der Waals surface area contributed by atoms with Crippen molar-refractivity contribution in [2.45, 2.75) is 19.3 Å². The summed E-state index contributed by atoms with van der Waals surface area (Å²) in [5, 5.41) is 2.98. The van der Waals surface area contributed by atoms with Crippen molar-refractivity contribution in [3.05, 3.63) is 47.5 Å². The Morgan fingerprint density at radius 3 is 2.81 bits per heavy atom. The summed E-state index contributed by atoms with van der Waals surface area (Å²) >= 11 is 0. The molecule has 1 spiro atoms. The molecule has 0 saturated carbocycles. The average Bonchev–Trinajstić information content (AvgIpc) is 3.38. The minimum absolute atomic E-state index is 0.135. The van der Waals surface area contributed by atoms with Crippen molar-refractivity contribution in [2.75, 3.05) is 50.1 Å². The third-order valence-electron chi connectivity index (χ3n) is 6.96. The van der Waals surface area contributed by atoms with Gasteiger partial charge in [-0.05, 0) is 74.9 Å². The van der Waals surface area contributed by atoms with Gasteiger partial charge in [-0.25, -0.2) is 0 Å². The molecule has 2 fully saturated rings. The van der Waals surface area contributed by atoms with Crippen molar-refractivity contribution in [2.24, 2.45) is 5.41 Å². The number of likely N-dealkylation sites (tertiary alicyclic amines) is 1. The Morgan fingerprint density at radius 1 is 1.13 bits per heavy atom. The van der Waals surface area contributed by atoms with E-state index in [-0.39, 0.29) is 5.91 Å². The van der Waals surface area contributed by atoms with Crippen LogP contribution in [0.4, 0.5) is 11.7 Å². The summed E-state index contributed by atoms with van der Waals surface area (Å²) in [7, 11) is 2.19. The average molecular weight is 418 g/mol. The van der Waals surface area contributed by atoms with Gasteiger partial charge in [0.05, 0.1) is 6.61 Å². The zero-order valence-electron chi connectivity index (χ0n) is 17.7. The molecule has 3 aromatic rings. The summed E-state index contributed by atoms with van der Waals surface area (Å²) in [5.74, 6) is 0.742. The van der Waals surface area contributed by atoms with Gasteiger partial charge in [-0.1, -0.05) is 0 Å². The number of benzene rings is 2. The molecule has 1 aromatic heterocycles. The second-order valence-corrected chi connectivity index (χ2v) is 9.21. The highest BCUT2D eigenvalue weighted by molar-refractivity contribution is 6.05. The number of aromatic nitrogens is 1. The molecule has 7 heteroatoms. The van der Waals surface area contributed by atoms with Gasteiger partial charge in [-0.15, -0.1) is 0 Å². The monoisotopic (exact) mass is 418 g/mol. The number of fused-ring (bicyclic) bond motifs is 2. The Kier molecular flexibility index (Phi) is 4.21. The summed E-state index contributed by atoms with van der Waals surface area (Å²) in [6, 6.07) is 11.9. The van der Waals surface area contributed by atoms with Gasteiger partial charge in [0.2, 0.25) is 0 Å². The highest BCUT2D eigenvalue weighted by Gasteiger charge is 2.45. The van der Waals surface area contributed by atoms with Crippen LogP contribution in [0.15, 0.2) is 40.8 Å². The van der Waals surface area contributed by atoms with Crippen molar-refractivity contribution >= 4 is 28.7 Å². The summed E-state index contributed by atoms with van der Waals surface area (Å²) in [4.78, 5) is 22.0. The maximum atomic E-state index is 12.7. The van der Waals surface area contributed by atoms with Crippen molar-refractivity contribution in [3.63, 3.8) is 0 Å². The molecule has 4 heterocycles. The number of hydrogen-bond donors (Lipinski definition) is 1. The van der Waals surface area contributed by atoms with Crippen molar-refractivity contribution in [1.82, 2.24) is 9.88 Å². The first-order valence-corrected chi connectivity index (χ1v) is 11.0. The molecule has 6 rings (SSSR count). The minimum Gasteiger partial charge on any atom is -0.493 e. The van der Waals surface area contributed by atoms with E-state index in [2.05, 4.69) is 22.2 Å². The van der Waals surface area contributed by atoms with Gasteiger partial charge >= 0.3 is 0 Å². The number of nitrogens with zero attached hydrogens (tertiary/aromatic N) is 3. The zero-order valence-corrected chi connectivity index (χ0v) is 17.7. The van der Waals surface area contributed by atoms with E-state index in [1.54, 1.807) is 6.07 Å². The Labute approximate surface area is 181 Å². The molecule has 160 valence electrons. The van der Waals surface area contributed by atoms with Crippen LogP contribution in [0.3, 0.4) is 0 Å². The Morgan fingerprint density at radius 2 is 1.97 bits per heavy atom. The molecule has 3 aliphatic rings. The molecule has 31 heavy (non-hydrogen) atoms. The van der Waals surface area contributed by atoms with E-state index < -0.39 is 0 Å². The number of oxazole rings is 1. The molecular formula is C24H26N4O3. The number of ether oxygens (including phenoxy) is 1. The maximum absolute atomic E-state index is 12.7. The molecule has 2 saturated heterocycles. The van der Waals surface area contributed by atoms with E-state index in [4.69, 9.17) is 14.1 Å². The zero-order chi connectivity index (χ0) is 21.0. The van der Waals surface area contributed by atoms with Crippen LogP contribution in [0.25, 0.3) is 11.1 Å². The standard InChI is InChI=1S/C24H26N4O3/c1-27-9-7-24(8-10-27)14-28(15-24)23-26-19-13-18(3-5-21(19)31-23)25-22(29)17-2-4-20-16(12-17)6-11-30-20/h2-5,12-13H,6-11,14-15H2,1H3,(H,25,29). The van der Waals surface area contributed by atoms with Gasteiger partial charge in [0, 0.05) is 36.2 Å². The lowest BCUT2D eigenvalue weighted by atomic mass is 9.72. The predicted octanol–water partition coefficient (Wildman–Crippen LogP) is 3.55. The van der Waals surface area contributed by atoms with Crippen molar-refractivity contribution in [1.29, 1.82) is 0 Å². The van der Waals surface area contributed by atoms with Crippen LogP contribution >= 0.6 is 0 Å². The Balaban J connectivity index is 1.15. The van der Waals surface area contributed by atoms with Gasteiger partial charge < -0.3 is 24.3 Å². The second-order valence-electron chi connectivity index (χ2n) is 9.21. The molecule has 1 amide bonds. The third kappa shape index (κ3) is 3.33. The summed E-state index contributed by atoms with van der Waals surface area (Å²) < 4.78 is 11.5. The molecule has 0 radical (unpaired) electrons. The first kappa shape index (κ1) is 18.7. The van der Waals surface area contributed by atoms with Gasteiger partial charge in [-0.3, -0.25) is 4.79 Å². The number of nitrogens with one attached hydrogen (secondary N) is 1. The lowest BCUT2D eigenvalue weighted by Crippen LogP contribution is -2.60. The quantitative estimate of drug-likeness (QED) is 0.702. The largest absolute Gasteiger partial charge is 0.493 e. The van der Waals surface area contributed by atoms with E-state index in [0.717, 1.165) is 41.9 Å². The molecule has 0 atom stereocenters. The van der Waals surface area contributed by atoms with E-state index in [1.807, 2.05) is 30.3 Å².